The Hall–Kier alpha value is -1.82. The Morgan fingerprint density at radius 3 is 3.05 bits per heavy atom. The summed E-state index contributed by atoms with van der Waals surface area (Å²) in [6.45, 7) is 1.66. The zero-order valence-corrected chi connectivity index (χ0v) is 11.3. The van der Waals surface area contributed by atoms with Crippen LogP contribution >= 0.6 is 11.8 Å². The van der Waals surface area contributed by atoms with E-state index in [1.807, 2.05) is 6.07 Å². The van der Waals surface area contributed by atoms with Crippen LogP contribution in [-0.4, -0.2) is 26.2 Å². The monoisotopic (exact) mass is 278 g/mol. The minimum atomic E-state index is -0.806. The maximum Gasteiger partial charge on any atom is 0.307 e. The molecule has 6 heteroatoms. The number of hydrogen-bond donors (Lipinski definition) is 1. The van der Waals surface area contributed by atoms with E-state index < -0.39 is 11.9 Å². The van der Waals surface area contributed by atoms with Gasteiger partial charge in [-0.3, -0.25) is 14.0 Å². The topological polar surface area (TPSA) is 71.7 Å². The molecule has 0 aromatic carbocycles. The van der Waals surface area contributed by atoms with Crippen molar-refractivity contribution < 1.29 is 9.90 Å². The van der Waals surface area contributed by atoms with Crippen molar-refractivity contribution in [2.45, 2.75) is 12.7 Å². The summed E-state index contributed by atoms with van der Waals surface area (Å²) in [6, 6.07) is 6.87. The van der Waals surface area contributed by atoms with Crippen molar-refractivity contribution >= 4 is 23.4 Å². The minimum Gasteiger partial charge on any atom is -0.481 e. The fourth-order valence-corrected chi connectivity index (χ4v) is 2.56. The zero-order chi connectivity index (χ0) is 13.8. The molecule has 1 atom stereocenters. The second-order valence-corrected chi connectivity index (χ2v) is 5.30. The van der Waals surface area contributed by atoms with Crippen LogP contribution in [0.3, 0.4) is 0 Å². The predicted octanol–water partition coefficient (Wildman–Crippen LogP) is 1.65. The van der Waals surface area contributed by atoms with Gasteiger partial charge in [0.1, 0.15) is 5.65 Å². The molecule has 5 nitrogen and oxygen atoms in total. The number of rotatable bonds is 5. The van der Waals surface area contributed by atoms with Crippen molar-refractivity contribution in [3.8, 4) is 0 Å². The number of nitrogens with zero attached hydrogens (tertiary/aromatic N) is 2. The highest BCUT2D eigenvalue weighted by molar-refractivity contribution is 7.98. The number of thioether (sulfide) groups is 1. The average Bonchev–Trinajstić information content (AvgIpc) is 2.38. The molecule has 1 unspecified atom stereocenters. The van der Waals surface area contributed by atoms with E-state index in [2.05, 4.69) is 4.98 Å². The summed E-state index contributed by atoms with van der Waals surface area (Å²) in [7, 11) is 0. The number of pyridine rings is 1. The summed E-state index contributed by atoms with van der Waals surface area (Å²) in [5.74, 6) is -0.158. The van der Waals surface area contributed by atoms with Gasteiger partial charge < -0.3 is 5.11 Å². The van der Waals surface area contributed by atoms with Gasteiger partial charge in [-0.25, -0.2) is 4.98 Å². The lowest BCUT2D eigenvalue weighted by atomic mass is 10.2. The third-order valence-corrected chi connectivity index (χ3v) is 3.90. The van der Waals surface area contributed by atoms with Crippen LogP contribution in [0.1, 0.15) is 12.6 Å². The lowest BCUT2D eigenvalue weighted by molar-refractivity contribution is -0.140. The lowest BCUT2D eigenvalue weighted by Gasteiger charge is -2.06. The molecular weight excluding hydrogens is 264 g/mol. The van der Waals surface area contributed by atoms with Gasteiger partial charge in [0.25, 0.3) is 5.56 Å². The summed E-state index contributed by atoms with van der Waals surface area (Å²) >= 11 is 1.47. The third kappa shape index (κ3) is 3.35. The molecule has 0 saturated heterocycles. The second-order valence-electron chi connectivity index (χ2n) is 4.27. The van der Waals surface area contributed by atoms with Crippen molar-refractivity contribution in [2.75, 3.05) is 5.75 Å². The van der Waals surface area contributed by atoms with Gasteiger partial charge in [-0.1, -0.05) is 13.0 Å². The minimum absolute atomic E-state index is 0.118. The van der Waals surface area contributed by atoms with E-state index in [0.717, 1.165) is 0 Å². The van der Waals surface area contributed by atoms with Gasteiger partial charge >= 0.3 is 5.97 Å². The molecule has 1 N–H and O–H groups in total. The van der Waals surface area contributed by atoms with Crippen LogP contribution in [-0.2, 0) is 10.5 Å². The van der Waals surface area contributed by atoms with Gasteiger partial charge in [0.15, 0.2) is 0 Å². The summed E-state index contributed by atoms with van der Waals surface area (Å²) in [6.07, 6.45) is 1.67. The molecule has 0 aliphatic carbocycles. The lowest BCUT2D eigenvalue weighted by Crippen LogP contribution is -2.15. The maximum absolute atomic E-state index is 11.8. The van der Waals surface area contributed by atoms with E-state index >= 15 is 0 Å². The van der Waals surface area contributed by atoms with E-state index in [4.69, 9.17) is 5.11 Å². The quantitative estimate of drug-likeness (QED) is 0.900. The molecule has 100 valence electrons. The molecule has 2 heterocycles. The first-order valence-corrected chi connectivity index (χ1v) is 7.01. The molecule has 0 radical (unpaired) electrons. The molecule has 0 aliphatic rings. The average molecular weight is 278 g/mol. The normalized spacial score (nSPS) is 12.5. The predicted molar refractivity (Wildman–Crippen MR) is 74.4 cm³/mol. The summed E-state index contributed by atoms with van der Waals surface area (Å²) in [4.78, 5) is 26.9. The smallest absolute Gasteiger partial charge is 0.307 e. The Balaban J connectivity index is 2.09. The highest BCUT2D eigenvalue weighted by atomic mass is 32.2. The molecule has 19 heavy (non-hydrogen) atoms. The van der Waals surface area contributed by atoms with Gasteiger partial charge in [0.2, 0.25) is 0 Å². The standard InChI is InChI=1S/C13H14N2O3S/c1-9(13(17)18)7-19-8-10-6-12(16)15-5-3-2-4-11(15)14-10/h2-6,9H,7-8H2,1H3,(H,17,18). The zero-order valence-electron chi connectivity index (χ0n) is 10.4. The fourth-order valence-electron chi connectivity index (χ4n) is 1.59. The number of aromatic nitrogens is 2. The molecule has 2 aromatic rings. The Morgan fingerprint density at radius 2 is 2.32 bits per heavy atom. The largest absolute Gasteiger partial charge is 0.481 e. The Bertz CT molecular complexity index is 654. The molecule has 0 bridgehead atoms. The highest BCUT2D eigenvalue weighted by Gasteiger charge is 2.11. The maximum atomic E-state index is 11.8. The number of carboxylic acid groups (broad SMARTS) is 1. The summed E-state index contributed by atoms with van der Waals surface area (Å²) in [5.41, 5.74) is 1.17. The first-order chi connectivity index (χ1) is 9.08. The molecule has 2 rings (SSSR count). The van der Waals surface area contributed by atoms with E-state index in [9.17, 15) is 9.59 Å². The molecule has 0 aliphatic heterocycles. The molecule has 2 aromatic heterocycles. The third-order valence-electron chi connectivity index (χ3n) is 2.66. The Kier molecular flexibility index (Phi) is 4.21. The van der Waals surface area contributed by atoms with Gasteiger partial charge in [-0.05, 0) is 12.1 Å². The van der Waals surface area contributed by atoms with Crippen LogP contribution in [0.25, 0.3) is 5.65 Å². The number of carboxylic acids is 1. The van der Waals surface area contributed by atoms with Crippen LogP contribution < -0.4 is 5.56 Å². The SMILES string of the molecule is CC(CSCc1cc(=O)n2ccccc2n1)C(=O)O. The number of aliphatic carboxylic acids is 1. The summed E-state index contributed by atoms with van der Waals surface area (Å²) in [5, 5.41) is 8.78. The van der Waals surface area contributed by atoms with E-state index in [0.29, 0.717) is 22.8 Å². The van der Waals surface area contributed by atoms with Gasteiger partial charge in [0.05, 0.1) is 11.6 Å². The molecule has 0 spiro atoms. The molecule has 0 saturated carbocycles. The van der Waals surface area contributed by atoms with Gasteiger partial charge in [-0.15, -0.1) is 0 Å². The Morgan fingerprint density at radius 1 is 1.53 bits per heavy atom. The van der Waals surface area contributed by atoms with E-state index in [-0.39, 0.29) is 5.56 Å². The van der Waals surface area contributed by atoms with Crippen molar-refractivity contribution in [3.63, 3.8) is 0 Å². The van der Waals surface area contributed by atoms with Crippen molar-refractivity contribution in [3.05, 3.63) is 46.5 Å². The van der Waals surface area contributed by atoms with Crippen LogP contribution in [0.4, 0.5) is 0 Å². The van der Waals surface area contributed by atoms with Crippen molar-refractivity contribution in [1.82, 2.24) is 9.38 Å². The highest BCUT2D eigenvalue weighted by Crippen LogP contribution is 2.14. The van der Waals surface area contributed by atoms with Gasteiger partial charge in [0, 0.05) is 23.8 Å². The molecular formula is C13H14N2O3S. The number of carbonyl (C=O) groups is 1. The molecule has 0 fully saturated rings. The van der Waals surface area contributed by atoms with Crippen LogP contribution in [0.2, 0.25) is 0 Å². The van der Waals surface area contributed by atoms with E-state index in [1.165, 1.54) is 22.2 Å². The van der Waals surface area contributed by atoms with Crippen LogP contribution in [0.15, 0.2) is 35.3 Å². The van der Waals surface area contributed by atoms with Crippen LogP contribution in [0, 0.1) is 5.92 Å². The fraction of sp³-hybridized carbons (Fsp3) is 0.308. The second kappa shape index (κ2) is 5.88. The number of fused-ring (bicyclic) bond motifs is 1. The molecule has 0 amide bonds. The Labute approximate surface area is 114 Å². The first kappa shape index (κ1) is 13.6. The first-order valence-electron chi connectivity index (χ1n) is 5.86. The van der Waals surface area contributed by atoms with Crippen LogP contribution in [0.5, 0.6) is 0 Å². The summed E-state index contributed by atoms with van der Waals surface area (Å²) < 4.78 is 1.48. The van der Waals surface area contributed by atoms with E-state index in [1.54, 1.807) is 25.3 Å². The van der Waals surface area contributed by atoms with Gasteiger partial charge in [-0.2, -0.15) is 11.8 Å². The van der Waals surface area contributed by atoms with Crippen molar-refractivity contribution in [2.24, 2.45) is 5.92 Å². The number of hydrogen-bond acceptors (Lipinski definition) is 4. The van der Waals surface area contributed by atoms with Crippen molar-refractivity contribution in [1.29, 1.82) is 0 Å².